The number of hydrogen-bond donors (Lipinski definition) is 1. The molecule has 1 aromatic heterocycles. The summed E-state index contributed by atoms with van der Waals surface area (Å²) in [6.45, 7) is 2.05. The second-order valence-electron chi connectivity index (χ2n) is 3.75. The fourth-order valence-corrected chi connectivity index (χ4v) is 3.75. The zero-order valence-corrected chi connectivity index (χ0v) is 13.8. The van der Waals surface area contributed by atoms with Crippen molar-refractivity contribution < 1.29 is 0 Å². The molecule has 0 aliphatic rings. The van der Waals surface area contributed by atoms with Gasteiger partial charge >= 0.3 is 0 Å². The molecular formula is C12H10Br2ClNS. The van der Waals surface area contributed by atoms with Crippen LogP contribution in [0.2, 0.25) is 5.02 Å². The fraction of sp³-hybridized carbons (Fsp3) is 0.167. The van der Waals surface area contributed by atoms with Gasteiger partial charge in [-0.25, -0.2) is 0 Å². The molecule has 1 unspecified atom stereocenters. The van der Waals surface area contributed by atoms with Crippen molar-refractivity contribution in [2.45, 2.75) is 13.0 Å². The minimum atomic E-state index is -0.185. The molecule has 1 nitrogen and oxygen atoms in total. The Kier molecular flexibility index (Phi) is 4.31. The maximum absolute atomic E-state index is 6.25. The summed E-state index contributed by atoms with van der Waals surface area (Å²) in [5, 5.41) is 0.697. The molecule has 0 amide bonds. The van der Waals surface area contributed by atoms with Gasteiger partial charge in [0.05, 0.1) is 9.83 Å². The van der Waals surface area contributed by atoms with Crippen molar-refractivity contribution in [2.75, 3.05) is 0 Å². The molecule has 0 aliphatic carbocycles. The molecule has 0 aliphatic heterocycles. The molecule has 1 aromatic carbocycles. The highest BCUT2D eigenvalue weighted by molar-refractivity contribution is 9.11. The molecule has 0 saturated heterocycles. The average Bonchev–Trinajstić information content (AvgIpc) is 2.62. The van der Waals surface area contributed by atoms with Crippen molar-refractivity contribution in [1.82, 2.24) is 0 Å². The van der Waals surface area contributed by atoms with E-state index in [0.29, 0.717) is 5.02 Å². The van der Waals surface area contributed by atoms with Crippen molar-refractivity contribution in [3.63, 3.8) is 0 Å². The number of nitrogens with two attached hydrogens (primary N) is 1. The first-order valence-corrected chi connectivity index (χ1v) is 7.73. The Bertz CT molecular complexity index is 534. The molecule has 17 heavy (non-hydrogen) atoms. The summed E-state index contributed by atoms with van der Waals surface area (Å²) in [7, 11) is 0. The van der Waals surface area contributed by atoms with Crippen molar-refractivity contribution in [2.24, 2.45) is 5.73 Å². The number of hydrogen-bond acceptors (Lipinski definition) is 2. The van der Waals surface area contributed by atoms with Crippen molar-refractivity contribution in [3.8, 4) is 0 Å². The van der Waals surface area contributed by atoms with Gasteiger partial charge < -0.3 is 5.73 Å². The highest BCUT2D eigenvalue weighted by Crippen LogP contribution is 2.36. The highest BCUT2D eigenvalue weighted by Gasteiger charge is 2.16. The van der Waals surface area contributed by atoms with E-state index in [-0.39, 0.29) is 6.04 Å². The lowest BCUT2D eigenvalue weighted by atomic mass is 10.1. The van der Waals surface area contributed by atoms with E-state index in [0.717, 1.165) is 18.7 Å². The lowest BCUT2D eigenvalue weighted by Gasteiger charge is -2.12. The molecule has 0 spiro atoms. The Labute approximate surface area is 126 Å². The highest BCUT2D eigenvalue weighted by atomic mass is 79.9. The second-order valence-corrected chi connectivity index (χ2v) is 7.47. The normalized spacial score (nSPS) is 12.8. The molecule has 0 saturated carbocycles. The molecule has 1 heterocycles. The Morgan fingerprint density at radius 2 is 2.00 bits per heavy atom. The van der Waals surface area contributed by atoms with Gasteiger partial charge in [-0.05, 0) is 58.2 Å². The molecule has 0 radical (unpaired) electrons. The monoisotopic (exact) mass is 393 g/mol. The van der Waals surface area contributed by atoms with Gasteiger partial charge in [-0.2, -0.15) is 0 Å². The molecule has 0 bridgehead atoms. The van der Waals surface area contributed by atoms with Crippen LogP contribution in [0.25, 0.3) is 0 Å². The lowest BCUT2D eigenvalue weighted by molar-refractivity contribution is 0.892. The minimum Gasteiger partial charge on any atom is -0.320 e. The number of benzene rings is 1. The zero-order chi connectivity index (χ0) is 12.6. The van der Waals surface area contributed by atoms with Crippen LogP contribution in [-0.4, -0.2) is 0 Å². The number of aryl methyl sites for hydroxylation is 1. The third-order valence-electron chi connectivity index (χ3n) is 2.48. The van der Waals surface area contributed by atoms with Gasteiger partial charge in [0.25, 0.3) is 0 Å². The van der Waals surface area contributed by atoms with Crippen molar-refractivity contribution in [3.05, 3.63) is 53.6 Å². The Hall–Kier alpha value is 0.130. The molecule has 2 aromatic rings. The Morgan fingerprint density at radius 1 is 1.29 bits per heavy atom. The smallest absolute Gasteiger partial charge is 0.0731 e. The fourth-order valence-electron chi connectivity index (χ4n) is 1.54. The van der Waals surface area contributed by atoms with E-state index in [1.165, 1.54) is 5.56 Å². The summed E-state index contributed by atoms with van der Waals surface area (Å²) in [4.78, 5) is 1.11. The van der Waals surface area contributed by atoms with Gasteiger partial charge in [0, 0.05) is 14.4 Å². The standard InChI is InChI=1S/C12H10Br2ClNS/c1-6-4-10(17-12(6)14)11(16)8-5-7(13)2-3-9(8)15/h2-5,11H,16H2,1H3. The van der Waals surface area contributed by atoms with Gasteiger partial charge in [0.15, 0.2) is 0 Å². The van der Waals surface area contributed by atoms with Crippen LogP contribution in [-0.2, 0) is 0 Å². The zero-order valence-electron chi connectivity index (χ0n) is 9.01. The van der Waals surface area contributed by atoms with Crippen molar-refractivity contribution in [1.29, 1.82) is 0 Å². The van der Waals surface area contributed by atoms with Crippen LogP contribution in [0.1, 0.15) is 22.0 Å². The quantitative estimate of drug-likeness (QED) is 0.735. The van der Waals surface area contributed by atoms with Crippen molar-refractivity contribution >= 4 is 54.8 Å². The predicted molar refractivity (Wildman–Crippen MR) is 81.9 cm³/mol. The number of halogens is 3. The topological polar surface area (TPSA) is 26.0 Å². The van der Waals surface area contributed by atoms with Gasteiger partial charge in [-0.3, -0.25) is 0 Å². The van der Waals surface area contributed by atoms with Crippen LogP contribution in [0, 0.1) is 6.92 Å². The summed E-state index contributed by atoms with van der Waals surface area (Å²) in [5.74, 6) is 0. The van der Waals surface area contributed by atoms with E-state index in [9.17, 15) is 0 Å². The van der Waals surface area contributed by atoms with Gasteiger partial charge in [-0.15, -0.1) is 11.3 Å². The molecule has 90 valence electrons. The van der Waals surface area contributed by atoms with E-state index in [1.54, 1.807) is 11.3 Å². The van der Waals surface area contributed by atoms with E-state index in [4.69, 9.17) is 17.3 Å². The lowest BCUT2D eigenvalue weighted by Crippen LogP contribution is -2.10. The second kappa shape index (κ2) is 5.41. The van der Waals surface area contributed by atoms with Crippen LogP contribution in [0.4, 0.5) is 0 Å². The number of rotatable bonds is 2. The third kappa shape index (κ3) is 2.93. The van der Waals surface area contributed by atoms with Crippen LogP contribution < -0.4 is 5.73 Å². The number of thiophene rings is 1. The summed E-state index contributed by atoms with van der Waals surface area (Å²) >= 11 is 14.8. The van der Waals surface area contributed by atoms with Crippen LogP contribution in [0.3, 0.4) is 0 Å². The van der Waals surface area contributed by atoms with E-state index in [1.807, 2.05) is 18.2 Å². The SMILES string of the molecule is Cc1cc(C(N)c2cc(Br)ccc2Cl)sc1Br. The third-order valence-corrected chi connectivity index (χ3v) is 5.53. The molecule has 0 fully saturated rings. The first-order valence-electron chi connectivity index (χ1n) is 4.95. The summed E-state index contributed by atoms with van der Waals surface area (Å²) in [6.07, 6.45) is 0. The maximum Gasteiger partial charge on any atom is 0.0731 e. The van der Waals surface area contributed by atoms with Crippen LogP contribution in [0.5, 0.6) is 0 Å². The first kappa shape index (κ1) is 13.6. The largest absolute Gasteiger partial charge is 0.320 e. The summed E-state index contributed by atoms with van der Waals surface area (Å²) < 4.78 is 2.11. The molecule has 2 rings (SSSR count). The van der Waals surface area contributed by atoms with Gasteiger partial charge in [0.1, 0.15) is 0 Å². The molecule has 5 heteroatoms. The summed E-state index contributed by atoms with van der Waals surface area (Å²) in [5.41, 5.74) is 8.39. The molecular weight excluding hydrogens is 385 g/mol. The van der Waals surface area contributed by atoms with E-state index in [2.05, 4.69) is 44.8 Å². The Morgan fingerprint density at radius 3 is 2.59 bits per heavy atom. The van der Waals surface area contributed by atoms with E-state index >= 15 is 0 Å². The minimum absolute atomic E-state index is 0.185. The first-order chi connectivity index (χ1) is 7.99. The molecule has 2 N–H and O–H groups in total. The van der Waals surface area contributed by atoms with Crippen LogP contribution >= 0.6 is 54.8 Å². The predicted octanol–water partition coefficient (Wildman–Crippen LogP) is 5.28. The maximum atomic E-state index is 6.25. The van der Waals surface area contributed by atoms with Gasteiger partial charge in [0.2, 0.25) is 0 Å². The average molecular weight is 396 g/mol. The summed E-state index contributed by atoms with van der Waals surface area (Å²) in [6, 6.07) is 7.65. The van der Waals surface area contributed by atoms with Crippen LogP contribution in [0.15, 0.2) is 32.5 Å². The molecule has 1 atom stereocenters. The van der Waals surface area contributed by atoms with Gasteiger partial charge in [-0.1, -0.05) is 27.5 Å². The Balaban J connectivity index is 2.42. The van der Waals surface area contributed by atoms with E-state index < -0.39 is 0 Å².